The Balaban J connectivity index is 1.53. The van der Waals surface area contributed by atoms with Crippen LogP contribution in [0.5, 0.6) is 0 Å². The van der Waals surface area contributed by atoms with E-state index in [4.69, 9.17) is 0 Å². The molecule has 1 aliphatic rings. The van der Waals surface area contributed by atoms with Gasteiger partial charge in [-0.3, -0.25) is 19.0 Å². The number of aromatic nitrogens is 2. The molecule has 3 aromatic rings. The van der Waals surface area contributed by atoms with Crippen molar-refractivity contribution >= 4 is 39.1 Å². The molecule has 1 N–H and O–H groups in total. The molecule has 168 valence electrons. The van der Waals surface area contributed by atoms with Gasteiger partial charge in [0.25, 0.3) is 11.5 Å². The van der Waals surface area contributed by atoms with Crippen molar-refractivity contribution in [2.75, 3.05) is 18.4 Å². The number of carbonyl (C=O) groups excluding carboxylic acids is 2. The quantitative estimate of drug-likeness (QED) is 0.618. The molecule has 0 spiro atoms. The van der Waals surface area contributed by atoms with E-state index in [9.17, 15) is 14.4 Å². The van der Waals surface area contributed by atoms with E-state index in [0.717, 1.165) is 29.7 Å². The molecular weight excluding hydrogens is 424 g/mol. The lowest BCUT2D eigenvalue weighted by molar-refractivity contribution is -0.116. The second-order valence-corrected chi connectivity index (χ2v) is 9.40. The van der Waals surface area contributed by atoms with E-state index in [-0.39, 0.29) is 23.9 Å². The highest BCUT2D eigenvalue weighted by molar-refractivity contribution is 7.18. The first-order valence-corrected chi connectivity index (χ1v) is 11.9. The molecule has 0 radical (unpaired) electrons. The van der Waals surface area contributed by atoms with Gasteiger partial charge in [-0.2, -0.15) is 0 Å². The van der Waals surface area contributed by atoms with Crippen LogP contribution in [0.15, 0.2) is 35.4 Å². The number of thiophene rings is 1. The maximum Gasteiger partial charge on any atom is 0.262 e. The van der Waals surface area contributed by atoms with E-state index in [0.29, 0.717) is 35.6 Å². The first-order chi connectivity index (χ1) is 15.4. The van der Waals surface area contributed by atoms with Crippen LogP contribution in [-0.4, -0.2) is 39.4 Å². The molecule has 4 rings (SSSR count). The first kappa shape index (κ1) is 22.2. The molecule has 1 unspecified atom stereocenters. The fourth-order valence-corrected chi connectivity index (χ4v) is 5.60. The maximum atomic E-state index is 13.1. The summed E-state index contributed by atoms with van der Waals surface area (Å²) >= 11 is 1.60. The molecule has 2 amide bonds. The molecule has 2 heterocycles. The molecule has 8 heteroatoms. The Bertz CT molecular complexity index is 1230. The van der Waals surface area contributed by atoms with Crippen molar-refractivity contribution in [1.82, 2.24) is 14.5 Å². The lowest BCUT2D eigenvalue weighted by Crippen LogP contribution is -2.30. The van der Waals surface area contributed by atoms with E-state index in [1.165, 1.54) is 15.8 Å². The zero-order valence-corrected chi connectivity index (χ0v) is 19.5. The lowest BCUT2D eigenvalue weighted by Gasteiger charge is -2.19. The van der Waals surface area contributed by atoms with Gasteiger partial charge < -0.3 is 10.2 Å². The molecule has 2 aromatic heterocycles. The van der Waals surface area contributed by atoms with Crippen molar-refractivity contribution in [2.45, 2.75) is 46.6 Å². The van der Waals surface area contributed by atoms with Crippen molar-refractivity contribution in [2.24, 2.45) is 5.92 Å². The Labute approximate surface area is 191 Å². The summed E-state index contributed by atoms with van der Waals surface area (Å²) in [7, 11) is 0. The summed E-state index contributed by atoms with van der Waals surface area (Å²) in [6, 6.07) is 6.88. The van der Waals surface area contributed by atoms with Crippen LogP contribution in [0.2, 0.25) is 0 Å². The van der Waals surface area contributed by atoms with Gasteiger partial charge in [-0.1, -0.05) is 13.0 Å². The fourth-order valence-electron chi connectivity index (χ4n) is 4.26. The Morgan fingerprint density at radius 3 is 2.81 bits per heavy atom. The summed E-state index contributed by atoms with van der Waals surface area (Å²) in [6.07, 6.45) is 4.39. The number of carbonyl (C=O) groups is 2. The number of fused-ring (bicyclic) bond motifs is 3. The summed E-state index contributed by atoms with van der Waals surface area (Å²) in [4.78, 5) is 46.6. The number of hydrogen-bond acceptors (Lipinski definition) is 5. The number of amides is 2. The third kappa shape index (κ3) is 4.32. The minimum atomic E-state index is -0.335. The Morgan fingerprint density at radius 2 is 2.06 bits per heavy atom. The van der Waals surface area contributed by atoms with Crippen molar-refractivity contribution in [1.29, 1.82) is 0 Å². The number of benzene rings is 1. The first-order valence-electron chi connectivity index (χ1n) is 11.1. The van der Waals surface area contributed by atoms with Crippen LogP contribution in [0.1, 0.15) is 48.0 Å². The number of aryl methyl sites for hydroxylation is 1. The second kappa shape index (κ2) is 9.24. The summed E-state index contributed by atoms with van der Waals surface area (Å²) in [6.45, 7) is 7.21. The normalized spacial score (nSPS) is 15.4. The largest absolute Gasteiger partial charge is 0.339 e. The standard InChI is InChI=1S/C24H28N4O3S/c1-4-27(5-2)23(30)16-7-6-8-17(12-16)26-20(29)13-28-14-25-22-21(24(28)31)18-10-9-15(3)11-19(18)32-22/h6-8,12,14-15H,4-5,9-11,13H2,1-3H3,(H,26,29). The number of hydrogen-bond donors (Lipinski definition) is 1. The molecule has 0 fully saturated rings. The Hall–Kier alpha value is -3.00. The summed E-state index contributed by atoms with van der Waals surface area (Å²) in [5.74, 6) is 0.208. The van der Waals surface area contributed by atoms with Crippen LogP contribution in [0.4, 0.5) is 5.69 Å². The molecule has 0 bridgehead atoms. The van der Waals surface area contributed by atoms with Crippen LogP contribution >= 0.6 is 11.3 Å². The van der Waals surface area contributed by atoms with Gasteiger partial charge in [0, 0.05) is 29.2 Å². The average molecular weight is 453 g/mol. The van der Waals surface area contributed by atoms with Gasteiger partial charge in [-0.25, -0.2) is 4.98 Å². The average Bonchev–Trinajstić information content (AvgIpc) is 3.14. The maximum absolute atomic E-state index is 13.1. The predicted octanol–water partition coefficient (Wildman–Crippen LogP) is 3.70. The van der Waals surface area contributed by atoms with E-state index >= 15 is 0 Å². The van der Waals surface area contributed by atoms with E-state index in [1.807, 2.05) is 13.8 Å². The van der Waals surface area contributed by atoms with Crippen LogP contribution in [0, 0.1) is 5.92 Å². The SMILES string of the molecule is CCN(CC)C(=O)c1cccc(NC(=O)Cn2cnc3sc4c(c3c2=O)CCC(C)C4)c1. The number of rotatable bonds is 6. The van der Waals surface area contributed by atoms with Gasteiger partial charge in [-0.05, 0) is 62.8 Å². The van der Waals surface area contributed by atoms with Crippen molar-refractivity contribution in [3.05, 3.63) is 57.0 Å². The van der Waals surface area contributed by atoms with E-state index in [2.05, 4.69) is 17.2 Å². The molecule has 0 saturated carbocycles. The molecule has 32 heavy (non-hydrogen) atoms. The minimum Gasteiger partial charge on any atom is -0.339 e. The summed E-state index contributed by atoms with van der Waals surface area (Å²) < 4.78 is 1.37. The monoisotopic (exact) mass is 452 g/mol. The van der Waals surface area contributed by atoms with Crippen molar-refractivity contribution in [3.63, 3.8) is 0 Å². The smallest absolute Gasteiger partial charge is 0.262 e. The Morgan fingerprint density at radius 1 is 1.28 bits per heavy atom. The number of nitrogens with zero attached hydrogens (tertiary/aromatic N) is 3. The fraction of sp³-hybridized carbons (Fsp3) is 0.417. The molecule has 7 nitrogen and oxygen atoms in total. The third-order valence-corrected chi connectivity index (χ3v) is 7.20. The van der Waals surface area contributed by atoms with Gasteiger partial charge in [0.1, 0.15) is 11.4 Å². The summed E-state index contributed by atoms with van der Waals surface area (Å²) in [5.41, 5.74) is 1.99. The van der Waals surface area contributed by atoms with Crippen LogP contribution in [-0.2, 0) is 24.2 Å². The van der Waals surface area contributed by atoms with Crippen molar-refractivity contribution < 1.29 is 9.59 Å². The molecule has 1 atom stereocenters. The van der Waals surface area contributed by atoms with Gasteiger partial charge >= 0.3 is 0 Å². The predicted molar refractivity (Wildman–Crippen MR) is 127 cm³/mol. The van der Waals surface area contributed by atoms with Gasteiger partial charge in [-0.15, -0.1) is 11.3 Å². The highest BCUT2D eigenvalue weighted by atomic mass is 32.1. The third-order valence-electron chi connectivity index (χ3n) is 6.04. The van der Waals surface area contributed by atoms with Gasteiger partial charge in [0.2, 0.25) is 5.91 Å². The molecular formula is C24H28N4O3S. The summed E-state index contributed by atoms with van der Waals surface area (Å²) in [5, 5.41) is 3.47. The van der Waals surface area contributed by atoms with Crippen LogP contribution in [0.25, 0.3) is 10.2 Å². The van der Waals surface area contributed by atoms with Crippen LogP contribution < -0.4 is 10.9 Å². The highest BCUT2D eigenvalue weighted by Gasteiger charge is 2.23. The van der Waals surface area contributed by atoms with E-state index < -0.39 is 0 Å². The second-order valence-electron chi connectivity index (χ2n) is 8.32. The molecule has 0 aliphatic heterocycles. The highest BCUT2D eigenvalue weighted by Crippen LogP contribution is 2.35. The van der Waals surface area contributed by atoms with Crippen molar-refractivity contribution in [3.8, 4) is 0 Å². The van der Waals surface area contributed by atoms with Gasteiger partial charge in [0.15, 0.2) is 0 Å². The number of nitrogens with one attached hydrogen (secondary N) is 1. The zero-order chi connectivity index (χ0) is 22.8. The van der Waals surface area contributed by atoms with Crippen LogP contribution in [0.3, 0.4) is 0 Å². The zero-order valence-electron chi connectivity index (χ0n) is 18.7. The lowest BCUT2D eigenvalue weighted by atomic mass is 9.89. The molecule has 1 aliphatic carbocycles. The van der Waals surface area contributed by atoms with Gasteiger partial charge in [0.05, 0.1) is 11.7 Å². The Kier molecular flexibility index (Phi) is 6.41. The topological polar surface area (TPSA) is 84.3 Å². The number of anilines is 1. The minimum absolute atomic E-state index is 0.0754. The molecule has 0 saturated heterocycles. The van der Waals surface area contributed by atoms with E-state index in [1.54, 1.807) is 40.5 Å². The molecule has 1 aromatic carbocycles.